The lowest BCUT2D eigenvalue weighted by atomic mass is 10.2. The Bertz CT molecular complexity index is 838. The molecule has 2 aromatic heterocycles. The molecule has 0 amide bonds. The van der Waals surface area contributed by atoms with E-state index < -0.39 is 0 Å². The second-order valence-electron chi connectivity index (χ2n) is 5.24. The van der Waals surface area contributed by atoms with E-state index in [0.29, 0.717) is 28.9 Å². The van der Waals surface area contributed by atoms with Crippen LogP contribution in [0.3, 0.4) is 0 Å². The van der Waals surface area contributed by atoms with E-state index in [2.05, 4.69) is 25.6 Å². The van der Waals surface area contributed by atoms with Crippen LogP contribution in [0.1, 0.15) is 11.1 Å². The molecule has 0 radical (unpaired) electrons. The second-order valence-corrected chi connectivity index (χ2v) is 5.64. The van der Waals surface area contributed by atoms with Gasteiger partial charge in [-0.1, -0.05) is 23.7 Å². The molecule has 0 bridgehead atoms. The topological polar surface area (TPSA) is 88.8 Å². The number of nitrogens with one attached hydrogen (secondary N) is 2. The predicted octanol–water partition coefficient (Wildman–Crippen LogP) is 3.77. The van der Waals surface area contributed by atoms with Crippen LogP contribution in [0.2, 0.25) is 5.02 Å². The van der Waals surface area contributed by atoms with Gasteiger partial charge in [0, 0.05) is 29.6 Å². The lowest BCUT2D eigenvalue weighted by Crippen LogP contribution is -2.08. The van der Waals surface area contributed by atoms with Crippen LogP contribution in [0.15, 0.2) is 49.1 Å². The van der Waals surface area contributed by atoms with Gasteiger partial charge in [0.05, 0.1) is 0 Å². The molecule has 6 nitrogen and oxygen atoms in total. The number of nitrogen functional groups attached to an aromatic ring is 1. The number of hydrogen-bond donors (Lipinski definition) is 3. The highest BCUT2D eigenvalue weighted by Gasteiger charge is 2.10. The third-order valence-electron chi connectivity index (χ3n) is 3.59. The number of rotatable bonds is 5. The normalized spacial score (nSPS) is 10.4. The standard InChI is InChI=1S/C17H17ClN6/c1-11-13(18)5-2-6-14(11)24-17-15(19)16(22-10-23-17)21-9-12-4-3-7-20-8-12/h2-8,10H,9,19H2,1H3,(H2,21,22,23,24). The quantitative estimate of drug-likeness (QED) is 0.655. The minimum absolute atomic E-state index is 0.445. The number of aromatic nitrogens is 3. The molecule has 4 N–H and O–H groups in total. The monoisotopic (exact) mass is 340 g/mol. The summed E-state index contributed by atoms with van der Waals surface area (Å²) < 4.78 is 0. The fourth-order valence-corrected chi connectivity index (χ4v) is 2.37. The molecule has 2 heterocycles. The summed E-state index contributed by atoms with van der Waals surface area (Å²) in [6.45, 7) is 2.51. The lowest BCUT2D eigenvalue weighted by molar-refractivity contribution is 1.07. The van der Waals surface area contributed by atoms with Crippen LogP contribution in [-0.2, 0) is 6.54 Å². The maximum atomic E-state index is 6.18. The SMILES string of the molecule is Cc1c(Cl)cccc1Nc1ncnc(NCc2cccnc2)c1N. The van der Waals surface area contributed by atoms with Crippen molar-refractivity contribution in [2.45, 2.75) is 13.5 Å². The molecule has 0 aliphatic rings. The average molecular weight is 341 g/mol. The van der Waals surface area contributed by atoms with Crippen molar-refractivity contribution in [2.75, 3.05) is 16.4 Å². The number of halogens is 1. The van der Waals surface area contributed by atoms with E-state index in [-0.39, 0.29) is 0 Å². The molecule has 122 valence electrons. The van der Waals surface area contributed by atoms with E-state index in [0.717, 1.165) is 16.8 Å². The fourth-order valence-electron chi connectivity index (χ4n) is 2.19. The van der Waals surface area contributed by atoms with Crippen molar-refractivity contribution < 1.29 is 0 Å². The molecule has 0 aliphatic heterocycles. The van der Waals surface area contributed by atoms with E-state index in [1.165, 1.54) is 6.33 Å². The van der Waals surface area contributed by atoms with Gasteiger partial charge in [0.15, 0.2) is 11.6 Å². The van der Waals surface area contributed by atoms with Crippen LogP contribution in [0.4, 0.5) is 23.0 Å². The van der Waals surface area contributed by atoms with Crippen molar-refractivity contribution in [3.63, 3.8) is 0 Å². The van der Waals surface area contributed by atoms with Gasteiger partial charge in [-0.2, -0.15) is 0 Å². The molecular formula is C17H17ClN6. The van der Waals surface area contributed by atoms with E-state index in [4.69, 9.17) is 17.3 Å². The summed E-state index contributed by atoms with van der Waals surface area (Å²) in [7, 11) is 0. The molecule has 0 spiro atoms. The van der Waals surface area contributed by atoms with Crippen LogP contribution in [-0.4, -0.2) is 15.0 Å². The highest BCUT2D eigenvalue weighted by molar-refractivity contribution is 6.31. The Morgan fingerprint density at radius 3 is 2.75 bits per heavy atom. The zero-order valence-corrected chi connectivity index (χ0v) is 13.9. The molecule has 7 heteroatoms. The van der Waals surface area contributed by atoms with Crippen molar-refractivity contribution in [3.05, 3.63) is 65.2 Å². The van der Waals surface area contributed by atoms with E-state index in [1.54, 1.807) is 12.4 Å². The molecule has 0 unspecified atom stereocenters. The first-order chi connectivity index (χ1) is 11.6. The van der Waals surface area contributed by atoms with Gasteiger partial charge in [0.1, 0.15) is 12.0 Å². The van der Waals surface area contributed by atoms with Crippen LogP contribution >= 0.6 is 11.6 Å². The Morgan fingerprint density at radius 2 is 1.96 bits per heavy atom. The second kappa shape index (κ2) is 7.14. The first-order valence-corrected chi connectivity index (χ1v) is 7.78. The molecule has 3 aromatic rings. The Balaban J connectivity index is 1.79. The Morgan fingerprint density at radius 1 is 1.12 bits per heavy atom. The van der Waals surface area contributed by atoms with Gasteiger partial charge in [-0.3, -0.25) is 4.98 Å². The van der Waals surface area contributed by atoms with Crippen LogP contribution < -0.4 is 16.4 Å². The van der Waals surface area contributed by atoms with E-state index >= 15 is 0 Å². The maximum Gasteiger partial charge on any atom is 0.159 e. The Hall–Kier alpha value is -2.86. The van der Waals surface area contributed by atoms with Crippen molar-refractivity contribution >= 4 is 34.6 Å². The molecule has 0 atom stereocenters. The third kappa shape index (κ3) is 3.55. The predicted molar refractivity (Wildman–Crippen MR) is 97.5 cm³/mol. The summed E-state index contributed by atoms with van der Waals surface area (Å²) in [4.78, 5) is 12.5. The van der Waals surface area contributed by atoms with Gasteiger partial charge in [0.2, 0.25) is 0 Å². The van der Waals surface area contributed by atoms with Crippen molar-refractivity contribution in [3.8, 4) is 0 Å². The number of hydrogen-bond acceptors (Lipinski definition) is 6. The third-order valence-corrected chi connectivity index (χ3v) is 4.00. The van der Waals surface area contributed by atoms with Crippen LogP contribution in [0.5, 0.6) is 0 Å². The van der Waals surface area contributed by atoms with Gasteiger partial charge < -0.3 is 16.4 Å². The Labute approximate surface area is 145 Å². The summed E-state index contributed by atoms with van der Waals surface area (Å²) in [6.07, 6.45) is 4.99. The highest BCUT2D eigenvalue weighted by Crippen LogP contribution is 2.29. The number of anilines is 4. The van der Waals surface area contributed by atoms with Gasteiger partial charge in [0.25, 0.3) is 0 Å². The summed E-state index contributed by atoms with van der Waals surface area (Å²) in [5, 5.41) is 7.09. The average Bonchev–Trinajstić information content (AvgIpc) is 2.60. The zero-order valence-electron chi connectivity index (χ0n) is 13.1. The molecular weight excluding hydrogens is 324 g/mol. The fraction of sp³-hybridized carbons (Fsp3) is 0.118. The van der Waals surface area contributed by atoms with Gasteiger partial charge in [-0.25, -0.2) is 9.97 Å². The van der Waals surface area contributed by atoms with Crippen molar-refractivity contribution in [1.29, 1.82) is 0 Å². The van der Waals surface area contributed by atoms with E-state index in [1.807, 2.05) is 37.3 Å². The molecule has 3 rings (SSSR count). The van der Waals surface area contributed by atoms with Crippen molar-refractivity contribution in [1.82, 2.24) is 15.0 Å². The largest absolute Gasteiger partial charge is 0.393 e. The van der Waals surface area contributed by atoms with Crippen LogP contribution in [0, 0.1) is 6.92 Å². The van der Waals surface area contributed by atoms with Crippen molar-refractivity contribution in [2.24, 2.45) is 0 Å². The zero-order chi connectivity index (χ0) is 16.9. The molecule has 0 saturated carbocycles. The minimum Gasteiger partial charge on any atom is -0.393 e. The minimum atomic E-state index is 0.445. The molecule has 0 aliphatic carbocycles. The summed E-state index contributed by atoms with van der Waals surface area (Å²) in [5.74, 6) is 1.10. The number of pyridine rings is 1. The smallest absolute Gasteiger partial charge is 0.159 e. The first kappa shape index (κ1) is 16.0. The molecule has 1 aromatic carbocycles. The lowest BCUT2D eigenvalue weighted by Gasteiger charge is -2.14. The summed E-state index contributed by atoms with van der Waals surface area (Å²) >= 11 is 6.15. The molecule has 0 fully saturated rings. The van der Waals surface area contributed by atoms with Crippen LogP contribution in [0.25, 0.3) is 0 Å². The number of nitrogens with two attached hydrogens (primary N) is 1. The Kier molecular flexibility index (Phi) is 4.77. The van der Waals surface area contributed by atoms with Gasteiger partial charge >= 0.3 is 0 Å². The van der Waals surface area contributed by atoms with Gasteiger partial charge in [-0.05, 0) is 36.2 Å². The highest BCUT2D eigenvalue weighted by atomic mass is 35.5. The number of benzene rings is 1. The molecule has 24 heavy (non-hydrogen) atoms. The summed E-state index contributed by atoms with van der Waals surface area (Å²) in [6, 6.07) is 9.50. The summed E-state index contributed by atoms with van der Waals surface area (Å²) in [5.41, 5.74) is 9.45. The molecule has 0 saturated heterocycles. The maximum absolute atomic E-state index is 6.18. The van der Waals surface area contributed by atoms with Gasteiger partial charge in [-0.15, -0.1) is 0 Å². The number of nitrogens with zero attached hydrogens (tertiary/aromatic N) is 3. The first-order valence-electron chi connectivity index (χ1n) is 7.40. The van der Waals surface area contributed by atoms with E-state index in [9.17, 15) is 0 Å².